The predicted molar refractivity (Wildman–Crippen MR) is 133 cm³/mol. The van der Waals surface area contributed by atoms with E-state index < -0.39 is 11.7 Å². The van der Waals surface area contributed by atoms with Gasteiger partial charge in [-0.3, -0.25) is 9.59 Å². The van der Waals surface area contributed by atoms with Crippen LogP contribution in [0, 0.1) is 13.8 Å². The second-order valence-corrected chi connectivity index (χ2v) is 9.54. The fourth-order valence-electron chi connectivity index (χ4n) is 3.93. The molecule has 0 saturated carbocycles. The summed E-state index contributed by atoms with van der Waals surface area (Å²) in [5.41, 5.74) is 7.62. The molecule has 0 heterocycles. The second kappa shape index (κ2) is 10.9. The molecular formula is C27H34N2O6. The molecule has 8 heteroatoms. The Morgan fingerprint density at radius 3 is 1.77 bits per heavy atom. The van der Waals surface area contributed by atoms with Crippen molar-refractivity contribution in [3.05, 3.63) is 57.6 Å². The highest BCUT2D eigenvalue weighted by atomic mass is 16.6. The zero-order valence-electron chi connectivity index (χ0n) is 21.1. The number of hydrogen-bond donors (Lipinski definition) is 2. The standard InChI is InChI=1S/C27H34N2O6/c1-16-8-10-18(33-14-6-12-28)22-20(16)25(31)23-19(11-9-17(2)21(23)24(22)30)34-15-7-13-29-26(32)35-27(3,4)5/h8-11H,6-7,12-15,28H2,1-5H3,(H,29,32). The van der Waals surface area contributed by atoms with Crippen LogP contribution in [0.15, 0.2) is 24.3 Å². The van der Waals surface area contributed by atoms with Crippen molar-refractivity contribution < 1.29 is 28.6 Å². The number of fused-ring (bicyclic) bond motifs is 2. The Hall–Kier alpha value is -3.39. The molecule has 1 aliphatic rings. The van der Waals surface area contributed by atoms with Crippen molar-refractivity contribution in [1.29, 1.82) is 0 Å². The molecule has 0 fully saturated rings. The number of aryl methyl sites for hydroxylation is 2. The van der Waals surface area contributed by atoms with Gasteiger partial charge in [0.05, 0.1) is 24.3 Å². The van der Waals surface area contributed by atoms with E-state index >= 15 is 0 Å². The van der Waals surface area contributed by atoms with E-state index in [2.05, 4.69) is 5.32 Å². The monoisotopic (exact) mass is 482 g/mol. The van der Waals surface area contributed by atoms with Crippen LogP contribution in [0.4, 0.5) is 4.79 Å². The third kappa shape index (κ3) is 6.00. The van der Waals surface area contributed by atoms with Gasteiger partial charge in [-0.25, -0.2) is 4.79 Å². The van der Waals surface area contributed by atoms with Crippen LogP contribution in [-0.2, 0) is 4.74 Å². The van der Waals surface area contributed by atoms with E-state index in [0.29, 0.717) is 71.9 Å². The first-order chi connectivity index (χ1) is 16.5. The average molecular weight is 483 g/mol. The molecule has 0 spiro atoms. The van der Waals surface area contributed by atoms with Crippen LogP contribution in [-0.4, -0.2) is 49.6 Å². The lowest BCUT2D eigenvalue weighted by Gasteiger charge is -2.25. The number of ether oxygens (including phenoxy) is 3. The average Bonchev–Trinajstić information content (AvgIpc) is 2.77. The molecule has 1 amide bonds. The molecule has 0 unspecified atom stereocenters. The molecule has 2 aromatic rings. The van der Waals surface area contributed by atoms with Gasteiger partial charge in [0, 0.05) is 17.7 Å². The summed E-state index contributed by atoms with van der Waals surface area (Å²) in [6.07, 6.45) is 0.641. The van der Waals surface area contributed by atoms with Gasteiger partial charge in [0.1, 0.15) is 17.1 Å². The predicted octanol–water partition coefficient (Wildman–Crippen LogP) is 4.10. The molecule has 35 heavy (non-hydrogen) atoms. The van der Waals surface area contributed by atoms with E-state index in [0.717, 1.165) is 0 Å². The van der Waals surface area contributed by atoms with Crippen molar-refractivity contribution >= 4 is 17.7 Å². The molecule has 2 aromatic carbocycles. The Bertz CT molecular complexity index is 1130. The molecule has 0 bridgehead atoms. The van der Waals surface area contributed by atoms with Crippen LogP contribution >= 0.6 is 0 Å². The summed E-state index contributed by atoms with van der Waals surface area (Å²) in [7, 11) is 0. The zero-order valence-corrected chi connectivity index (χ0v) is 21.1. The van der Waals surface area contributed by atoms with E-state index in [4.69, 9.17) is 19.9 Å². The maximum absolute atomic E-state index is 13.7. The van der Waals surface area contributed by atoms with E-state index in [9.17, 15) is 14.4 Å². The molecule has 3 rings (SSSR count). The Balaban J connectivity index is 1.80. The number of nitrogens with two attached hydrogens (primary N) is 1. The maximum Gasteiger partial charge on any atom is 0.407 e. The summed E-state index contributed by atoms with van der Waals surface area (Å²) in [6.45, 7) is 10.4. The smallest absolute Gasteiger partial charge is 0.407 e. The zero-order chi connectivity index (χ0) is 25.8. The fraction of sp³-hybridized carbons (Fsp3) is 0.444. The highest BCUT2D eigenvalue weighted by molar-refractivity contribution is 6.31. The van der Waals surface area contributed by atoms with Crippen LogP contribution in [0.25, 0.3) is 0 Å². The van der Waals surface area contributed by atoms with Gasteiger partial charge >= 0.3 is 6.09 Å². The van der Waals surface area contributed by atoms with Gasteiger partial charge in [0.25, 0.3) is 0 Å². The molecule has 0 saturated heterocycles. The first-order valence-electron chi connectivity index (χ1n) is 11.8. The number of benzene rings is 2. The molecular weight excluding hydrogens is 448 g/mol. The van der Waals surface area contributed by atoms with Gasteiger partial charge < -0.3 is 25.3 Å². The Morgan fingerprint density at radius 2 is 1.31 bits per heavy atom. The van der Waals surface area contributed by atoms with Crippen LogP contribution in [0.1, 0.15) is 76.6 Å². The lowest BCUT2D eigenvalue weighted by atomic mass is 9.79. The largest absolute Gasteiger partial charge is 0.493 e. The van der Waals surface area contributed by atoms with Crippen molar-refractivity contribution in [2.75, 3.05) is 26.3 Å². The van der Waals surface area contributed by atoms with E-state index in [1.807, 2.05) is 0 Å². The number of alkyl carbamates (subject to hydrolysis) is 1. The van der Waals surface area contributed by atoms with Gasteiger partial charge in [0.2, 0.25) is 0 Å². The maximum atomic E-state index is 13.7. The number of amides is 1. The highest BCUT2D eigenvalue weighted by Crippen LogP contribution is 2.40. The van der Waals surface area contributed by atoms with Gasteiger partial charge in [-0.2, -0.15) is 0 Å². The van der Waals surface area contributed by atoms with Crippen LogP contribution in [0.5, 0.6) is 11.5 Å². The van der Waals surface area contributed by atoms with E-state index in [1.54, 1.807) is 58.9 Å². The molecule has 1 aliphatic carbocycles. The molecule has 0 aliphatic heterocycles. The number of hydrogen-bond acceptors (Lipinski definition) is 7. The number of carbonyl (C=O) groups excluding carboxylic acids is 3. The van der Waals surface area contributed by atoms with Crippen LogP contribution in [0.3, 0.4) is 0 Å². The number of carbonyl (C=O) groups is 3. The SMILES string of the molecule is Cc1ccc(OCCCN)c2c1C(=O)c1c(OCCCNC(=O)OC(C)(C)C)ccc(C)c1C2=O. The van der Waals surface area contributed by atoms with Crippen LogP contribution < -0.4 is 20.5 Å². The van der Waals surface area contributed by atoms with Crippen molar-refractivity contribution in [2.45, 2.75) is 53.1 Å². The summed E-state index contributed by atoms with van der Waals surface area (Å²) >= 11 is 0. The summed E-state index contributed by atoms with van der Waals surface area (Å²) in [4.78, 5) is 39.1. The van der Waals surface area contributed by atoms with Gasteiger partial charge in [-0.05, 0) is 77.3 Å². The lowest BCUT2D eigenvalue weighted by molar-refractivity contribution is 0.0525. The third-order valence-electron chi connectivity index (χ3n) is 5.51. The highest BCUT2D eigenvalue weighted by Gasteiger charge is 2.37. The number of ketones is 2. The molecule has 188 valence electrons. The molecule has 0 radical (unpaired) electrons. The summed E-state index contributed by atoms with van der Waals surface area (Å²) in [5, 5.41) is 2.68. The van der Waals surface area contributed by atoms with Crippen molar-refractivity contribution in [3.63, 3.8) is 0 Å². The van der Waals surface area contributed by atoms with Gasteiger partial charge in [-0.1, -0.05) is 12.1 Å². The minimum Gasteiger partial charge on any atom is -0.493 e. The minimum atomic E-state index is -0.571. The Labute approximate surface area is 206 Å². The summed E-state index contributed by atoms with van der Waals surface area (Å²) in [5.74, 6) is 0.222. The Morgan fingerprint density at radius 1 is 0.829 bits per heavy atom. The van der Waals surface area contributed by atoms with Gasteiger partial charge in [0.15, 0.2) is 11.6 Å². The first-order valence-corrected chi connectivity index (χ1v) is 11.8. The van der Waals surface area contributed by atoms with Crippen molar-refractivity contribution in [3.8, 4) is 11.5 Å². The lowest BCUT2D eigenvalue weighted by Crippen LogP contribution is -2.33. The van der Waals surface area contributed by atoms with E-state index in [-0.39, 0.29) is 23.7 Å². The van der Waals surface area contributed by atoms with Crippen LogP contribution in [0.2, 0.25) is 0 Å². The third-order valence-corrected chi connectivity index (χ3v) is 5.51. The quantitative estimate of drug-likeness (QED) is 0.441. The normalized spacial score (nSPS) is 12.6. The second-order valence-electron chi connectivity index (χ2n) is 9.54. The topological polar surface area (TPSA) is 117 Å². The number of rotatable bonds is 9. The molecule has 3 N–H and O–H groups in total. The number of nitrogens with one attached hydrogen (secondary N) is 1. The van der Waals surface area contributed by atoms with E-state index in [1.165, 1.54) is 0 Å². The Kier molecular flexibility index (Phi) is 8.17. The molecule has 0 aromatic heterocycles. The molecule has 8 nitrogen and oxygen atoms in total. The minimum absolute atomic E-state index is 0.251. The fourth-order valence-corrected chi connectivity index (χ4v) is 3.93. The summed E-state index contributed by atoms with van der Waals surface area (Å²) < 4.78 is 16.9. The summed E-state index contributed by atoms with van der Waals surface area (Å²) in [6, 6.07) is 7.00. The first kappa shape index (κ1) is 26.2. The van der Waals surface area contributed by atoms with Crippen molar-refractivity contribution in [1.82, 2.24) is 5.32 Å². The molecule has 0 atom stereocenters. The van der Waals surface area contributed by atoms with Crippen molar-refractivity contribution in [2.24, 2.45) is 5.73 Å². The van der Waals surface area contributed by atoms with Gasteiger partial charge in [-0.15, -0.1) is 0 Å².